The number of rotatable bonds is 10. The van der Waals surface area contributed by atoms with Gasteiger partial charge in [-0.3, -0.25) is 9.59 Å². The van der Waals surface area contributed by atoms with E-state index in [9.17, 15) is 23.1 Å². The lowest BCUT2D eigenvalue weighted by atomic mass is 9.90. The topological polar surface area (TPSA) is 135 Å². The zero-order valence-corrected chi connectivity index (χ0v) is 18.9. The Labute approximate surface area is 180 Å². The summed E-state index contributed by atoms with van der Waals surface area (Å²) in [5.41, 5.74) is 0. The van der Waals surface area contributed by atoms with Crippen molar-refractivity contribution in [3.8, 4) is 11.8 Å². The molecule has 4 atom stereocenters. The maximum Gasteiger partial charge on any atom is 0.303 e. The number of allylic oxidation sites excluding steroid dienone is 3. The summed E-state index contributed by atoms with van der Waals surface area (Å²) in [5.74, 6) is 5.55. The molecular weight excluding hydrogens is 406 g/mol. The number of aliphatic hydroxyl groups excluding tert-OH is 1. The van der Waals surface area contributed by atoms with Gasteiger partial charge in [0.1, 0.15) is 5.78 Å². The minimum absolute atomic E-state index is 0.0232. The van der Waals surface area contributed by atoms with Gasteiger partial charge in [-0.05, 0) is 44.4 Å². The monoisotopic (exact) mass is 441 g/mol. The first kappa shape index (κ1) is 28.1. The summed E-state index contributed by atoms with van der Waals surface area (Å²) in [4.78, 5) is 22.5. The largest absolute Gasteiger partial charge is 0.481 e. The molecule has 1 aliphatic rings. The maximum absolute atomic E-state index is 12.1. The molecule has 2 unspecified atom stereocenters. The minimum atomic E-state index is -3.17. The summed E-state index contributed by atoms with van der Waals surface area (Å²) in [6.07, 6.45) is 12.5. The first-order valence-electron chi connectivity index (χ1n) is 10.1. The van der Waals surface area contributed by atoms with Gasteiger partial charge in [0.25, 0.3) is 0 Å². The highest BCUT2D eigenvalue weighted by Crippen LogP contribution is 2.33. The highest BCUT2D eigenvalue weighted by molar-refractivity contribution is 7.88. The summed E-state index contributed by atoms with van der Waals surface area (Å²) >= 11 is 0. The highest BCUT2D eigenvalue weighted by Gasteiger charge is 2.32. The van der Waals surface area contributed by atoms with Crippen molar-refractivity contribution in [3.63, 3.8) is 0 Å². The van der Waals surface area contributed by atoms with Crippen molar-refractivity contribution in [3.05, 3.63) is 24.3 Å². The number of sulfonamides is 1. The van der Waals surface area contributed by atoms with Crippen LogP contribution in [0.15, 0.2) is 24.3 Å². The second-order valence-electron chi connectivity index (χ2n) is 7.58. The third-order valence-electron chi connectivity index (χ3n) is 4.71. The number of nitrogens with two attached hydrogens (primary N) is 1. The molecule has 0 aromatic carbocycles. The average molecular weight is 442 g/mol. The smallest absolute Gasteiger partial charge is 0.303 e. The second kappa shape index (κ2) is 14.9. The van der Waals surface area contributed by atoms with Crippen LogP contribution >= 0.6 is 0 Å². The lowest BCUT2D eigenvalue weighted by Gasteiger charge is -2.16. The normalized spacial score (nSPS) is 21.0. The van der Waals surface area contributed by atoms with Crippen LogP contribution in [0.4, 0.5) is 0 Å². The molecule has 0 aromatic heterocycles. The molecule has 0 aromatic rings. The number of Topliss-reactive ketones (excluding diaryl/α,β-unsaturated/α-hetero) is 1. The fourth-order valence-corrected chi connectivity index (χ4v) is 3.03. The van der Waals surface area contributed by atoms with E-state index in [1.54, 1.807) is 6.92 Å². The fraction of sp³-hybridized carbons (Fsp3) is 0.636. The van der Waals surface area contributed by atoms with E-state index < -0.39 is 22.1 Å². The predicted octanol–water partition coefficient (Wildman–Crippen LogP) is 2.65. The molecule has 1 saturated carbocycles. The number of aliphatic carboxylic acids is 1. The van der Waals surface area contributed by atoms with Crippen molar-refractivity contribution < 1.29 is 28.2 Å². The summed E-state index contributed by atoms with van der Waals surface area (Å²) < 4.78 is 18.8. The molecule has 1 fully saturated rings. The lowest BCUT2D eigenvalue weighted by Crippen LogP contribution is -2.16. The van der Waals surface area contributed by atoms with Gasteiger partial charge in [0.05, 0.1) is 12.4 Å². The molecule has 0 heterocycles. The molecule has 30 heavy (non-hydrogen) atoms. The molecule has 0 bridgehead atoms. The van der Waals surface area contributed by atoms with Crippen LogP contribution in [0.1, 0.15) is 58.8 Å². The molecule has 1 aliphatic carbocycles. The fourth-order valence-electron chi connectivity index (χ4n) is 3.03. The third-order valence-corrected chi connectivity index (χ3v) is 4.71. The number of carboxylic acids is 1. The molecule has 7 nitrogen and oxygen atoms in total. The SMILES string of the molecule is CC#CCC(C)C(O)/C=C/[C@H]1CCC(=O)[C@@H]1C/C=C\CCCC(=O)O.CS(N)(=O)=O. The van der Waals surface area contributed by atoms with Gasteiger partial charge in [0.15, 0.2) is 0 Å². The van der Waals surface area contributed by atoms with E-state index >= 15 is 0 Å². The summed E-state index contributed by atoms with van der Waals surface area (Å²) in [5, 5.41) is 23.1. The van der Waals surface area contributed by atoms with Crippen LogP contribution in [0.25, 0.3) is 0 Å². The number of carbonyl (C=O) groups is 2. The van der Waals surface area contributed by atoms with Gasteiger partial charge < -0.3 is 10.2 Å². The van der Waals surface area contributed by atoms with Gasteiger partial charge in [0.2, 0.25) is 10.0 Å². The van der Waals surface area contributed by atoms with E-state index in [0.29, 0.717) is 25.7 Å². The quantitative estimate of drug-likeness (QED) is 0.271. The van der Waals surface area contributed by atoms with Gasteiger partial charge in [-0.15, -0.1) is 11.8 Å². The van der Waals surface area contributed by atoms with E-state index in [1.165, 1.54) is 0 Å². The average Bonchev–Trinajstić information content (AvgIpc) is 2.98. The Bertz CT molecular complexity index is 752. The van der Waals surface area contributed by atoms with E-state index in [4.69, 9.17) is 5.11 Å². The Kier molecular flexibility index (Phi) is 14.0. The Hall–Kier alpha value is -1.95. The summed E-state index contributed by atoms with van der Waals surface area (Å²) in [7, 11) is -3.17. The molecule has 0 radical (unpaired) electrons. The van der Waals surface area contributed by atoms with Crippen molar-refractivity contribution in [2.24, 2.45) is 22.9 Å². The molecule has 170 valence electrons. The van der Waals surface area contributed by atoms with Crippen LogP contribution in [0.3, 0.4) is 0 Å². The van der Waals surface area contributed by atoms with E-state index in [2.05, 4.69) is 17.0 Å². The van der Waals surface area contributed by atoms with E-state index in [-0.39, 0.29) is 30.0 Å². The zero-order valence-electron chi connectivity index (χ0n) is 18.1. The Morgan fingerprint density at radius 3 is 2.57 bits per heavy atom. The minimum Gasteiger partial charge on any atom is -0.481 e. The van der Waals surface area contributed by atoms with Crippen LogP contribution in [0, 0.1) is 29.6 Å². The Morgan fingerprint density at radius 1 is 1.37 bits per heavy atom. The van der Waals surface area contributed by atoms with Gasteiger partial charge in [-0.1, -0.05) is 31.2 Å². The molecule has 0 spiro atoms. The first-order valence-corrected chi connectivity index (χ1v) is 12.0. The maximum atomic E-state index is 12.1. The number of aliphatic hydroxyl groups is 1. The third kappa shape index (κ3) is 15.0. The van der Waals surface area contributed by atoms with Gasteiger partial charge in [-0.2, -0.15) is 0 Å². The molecule has 0 saturated heterocycles. The van der Waals surface area contributed by atoms with Crippen LogP contribution in [-0.4, -0.2) is 42.7 Å². The number of carboxylic acid groups (broad SMARTS) is 1. The molecule has 0 amide bonds. The van der Waals surface area contributed by atoms with Crippen LogP contribution in [0.2, 0.25) is 0 Å². The number of unbranched alkanes of at least 4 members (excludes halogenated alkanes) is 1. The lowest BCUT2D eigenvalue weighted by molar-refractivity contribution is -0.137. The number of ketones is 1. The van der Waals surface area contributed by atoms with Gasteiger partial charge in [-0.25, -0.2) is 13.6 Å². The zero-order chi connectivity index (χ0) is 23.2. The standard InChI is InChI=1S/C21H30O4.CH5NO2S/c1-3-4-9-16(2)19(22)14-12-17-13-15-20(23)18(17)10-7-5-6-8-11-21(24)25;1-5(2,3)4/h5,7,12,14,16-19,22H,6,8-11,13,15H2,1-2H3,(H,24,25);1H3,(H2,2,3,4)/b7-5-,14-12+;/t16?,17-,18+,19?;/m0./s1. The predicted molar refractivity (Wildman–Crippen MR) is 118 cm³/mol. The first-order chi connectivity index (χ1) is 14.0. The number of hydrogen-bond donors (Lipinski definition) is 3. The number of primary sulfonamides is 1. The van der Waals surface area contributed by atoms with Crippen molar-refractivity contribution in [2.45, 2.75) is 64.9 Å². The number of hydrogen-bond acceptors (Lipinski definition) is 5. The molecule has 1 rings (SSSR count). The number of carbonyl (C=O) groups excluding carboxylic acids is 1. The summed E-state index contributed by atoms with van der Waals surface area (Å²) in [6, 6.07) is 0. The van der Waals surface area contributed by atoms with Gasteiger partial charge in [0, 0.05) is 25.2 Å². The van der Waals surface area contributed by atoms with Crippen molar-refractivity contribution in [1.82, 2.24) is 0 Å². The molecule has 8 heteroatoms. The second-order valence-corrected chi connectivity index (χ2v) is 9.24. The van der Waals surface area contributed by atoms with Gasteiger partial charge >= 0.3 is 5.97 Å². The Balaban J connectivity index is 0.00000150. The van der Waals surface area contributed by atoms with Crippen molar-refractivity contribution in [2.75, 3.05) is 6.26 Å². The molecular formula is C22H35NO6S. The van der Waals surface area contributed by atoms with Crippen LogP contribution in [-0.2, 0) is 19.6 Å². The highest BCUT2D eigenvalue weighted by atomic mass is 32.2. The van der Waals surface area contributed by atoms with E-state index in [1.807, 2.05) is 31.2 Å². The van der Waals surface area contributed by atoms with Crippen molar-refractivity contribution >= 4 is 21.8 Å². The Morgan fingerprint density at radius 2 is 2.00 bits per heavy atom. The molecule has 4 N–H and O–H groups in total. The van der Waals surface area contributed by atoms with Crippen molar-refractivity contribution in [1.29, 1.82) is 0 Å². The summed E-state index contributed by atoms with van der Waals surface area (Å²) in [6.45, 7) is 3.76. The van der Waals surface area contributed by atoms with Crippen LogP contribution < -0.4 is 5.14 Å². The molecule has 0 aliphatic heterocycles. The van der Waals surface area contributed by atoms with E-state index in [0.717, 1.165) is 19.1 Å². The van der Waals surface area contributed by atoms with Crippen LogP contribution in [0.5, 0.6) is 0 Å².